The van der Waals surface area contributed by atoms with Crippen LogP contribution in [0, 0.1) is 11.3 Å². The maximum atomic E-state index is 12.1. The van der Waals surface area contributed by atoms with Crippen molar-refractivity contribution in [2.75, 3.05) is 5.73 Å². The Kier molecular flexibility index (Phi) is 3.24. The number of hydrogen-bond acceptors (Lipinski definition) is 6. The molecule has 3 aromatic rings. The number of rotatable bonds is 2. The van der Waals surface area contributed by atoms with Crippen molar-refractivity contribution < 1.29 is 9.89 Å². The van der Waals surface area contributed by atoms with Crippen molar-refractivity contribution in [3.63, 3.8) is 0 Å². The summed E-state index contributed by atoms with van der Waals surface area (Å²) in [6, 6.07) is 5.00. The Bertz CT molecular complexity index is 853. The Morgan fingerprint density at radius 2 is 2.30 bits per heavy atom. The number of aromatic nitrogens is 4. The van der Waals surface area contributed by atoms with E-state index >= 15 is 0 Å². The molecule has 0 radical (unpaired) electrons. The zero-order chi connectivity index (χ0) is 13.4. The minimum Gasteiger partial charge on any atom is -0.449 e. The normalized spacial score (nSPS) is 10.2. The Labute approximate surface area is 111 Å². The number of imidazole rings is 1. The average molecular weight is 274 g/mol. The van der Waals surface area contributed by atoms with Gasteiger partial charge in [0.2, 0.25) is 11.7 Å². The Morgan fingerprint density at radius 3 is 3.00 bits per heavy atom. The molecule has 0 bridgehead atoms. The number of furan rings is 1. The number of hydrogen-bond donors (Lipinski definition) is 2. The van der Waals surface area contributed by atoms with Gasteiger partial charge in [-0.2, -0.15) is 10.2 Å². The fourth-order valence-electron chi connectivity index (χ4n) is 1.77. The first kappa shape index (κ1) is 13.3. The SMILES string of the molecule is N#Cc1ccc(Cn2c(N)nc3[nH]cnc3c2=O)o1.O. The number of nitriles is 1. The van der Waals surface area contributed by atoms with Gasteiger partial charge >= 0.3 is 0 Å². The summed E-state index contributed by atoms with van der Waals surface area (Å²) in [6.07, 6.45) is 1.38. The van der Waals surface area contributed by atoms with Crippen molar-refractivity contribution in [1.29, 1.82) is 5.26 Å². The van der Waals surface area contributed by atoms with Crippen LogP contribution in [-0.2, 0) is 6.54 Å². The third-order valence-corrected chi connectivity index (χ3v) is 2.66. The molecule has 0 saturated carbocycles. The van der Waals surface area contributed by atoms with Crippen LogP contribution in [0.2, 0.25) is 0 Å². The van der Waals surface area contributed by atoms with E-state index in [9.17, 15) is 4.79 Å². The highest BCUT2D eigenvalue weighted by atomic mass is 16.3. The van der Waals surface area contributed by atoms with Gasteiger partial charge in [0, 0.05) is 0 Å². The van der Waals surface area contributed by atoms with E-state index in [2.05, 4.69) is 15.0 Å². The summed E-state index contributed by atoms with van der Waals surface area (Å²) >= 11 is 0. The highest BCUT2D eigenvalue weighted by Crippen LogP contribution is 2.10. The molecule has 0 atom stereocenters. The van der Waals surface area contributed by atoms with Crippen LogP contribution in [0.25, 0.3) is 11.2 Å². The van der Waals surface area contributed by atoms with Gasteiger partial charge in [-0.05, 0) is 12.1 Å². The van der Waals surface area contributed by atoms with Gasteiger partial charge in [0.15, 0.2) is 11.2 Å². The van der Waals surface area contributed by atoms with Crippen molar-refractivity contribution in [3.05, 3.63) is 40.3 Å². The molecule has 9 heteroatoms. The van der Waals surface area contributed by atoms with Gasteiger partial charge in [0.1, 0.15) is 11.8 Å². The van der Waals surface area contributed by atoms with E-state index in [4.69, 9.17) is 15.4 Å². The number of nitrogens with zero attached hydrogens (tertiary/aromatic N) is 4. The van der Waals surface area contributed by atoms with Crippen LogP contribution < -0.4 is 11.3 Å². The topological polar surface area (TPSA) is 158 Å². The predicted octanol–water partition coefficient (Wildman–Crippen LogP) is -0.610. The van der Waals surface area contributed by atoms with Crippen LogP contribution in [0.5, 0.6) is 0 Å². The number of nitrogen functional groups attached to an aromatic ring is 1. The average Bonchev–Trinajstić information content (AvgIpc) is 3.02. The lowest BCUT2D eigenvalue weighted by atomic mass is 10.4. The fraction of sp³-hybridized carbons (Fsp3) is 0.0909. The number of nitrogens with one attached hydrogen (secondary N) is 1. The minimum atomic E-state index is -0.362. The van der Waals surface area contributed by atoms with Gasteiger partial charge in [0.05, 0.1) is 12.9 Å². The quantitative estimate of drug-likeness (QED) is 0.634. The molecule has 102 valence electrons. The lowest BCUT2D eigenvalue weighted by Crippen LogP contribution is -2.25. The molecular weight excluding hydrogens is 264 g/mol. The van der Waals surface area contributed by atoms with Crippen molar-refractivity contribution in [2.45, 2.75) is 6.54 Å². The van der Waals surface area contributed by atoms with Crippen LogP contribution in [0.4, 0.5) is 5.95 Å². The summed E-state index contributed by atoms with van der Waals surface area (Å²) in [6.45, 7) is 0.0994. The third kappa shape index (κ3) is 2.00. The standard InChI is InChI=1S/C11H8N6O2.H2O/c12-3-6-1-2-7(19-6)4-17-10(18)8-9(15-5-14-8)16-11(17)13;/h1-2,5H,4H2,(H2,13,16)(H,14,15);1H2. The molecule has 3 aromatic heterocycles. The van der Waals surface area contributed by atoms with Crippen molar-refractivity contribution >= 4 is 17.1 Å². The van der Waals surface area contributed by atoms with Gasteiger partial charge in [-0.3, -0.25) is 9.36 Å². The molecule has 0 spiro atoms. The van der Waals surface area contributed by atoms with Crippen molar-refractivity contribution in [2.24, 2.45) is 0 Å². The summed E-state index contributed by atoms with van der Waals surface area (Å²) in [4.78, 5) is 22.8. The summed E-state index contributed by atoms with van der Waals surface area (Å²) in [5.41, 5.74) is 5.92. The maximum absolute atomic E-state index is 12.1. The van der Waals surface area contributed by atoms with Gasteiger partial charge < -0.3 is 20.6 Å². The van der Waals surface area contributed by atoms with E-state index in [0.717, 1.165) is 0 Å². The molecule has 3 rings (SSSR count). The van der Waals surface area contributed by atoms with Crippen LogP contribution in [0.3, 0.4) is 0 Å². The zero-order valence-electron chi connectivity index (χ0n) is 10.1. The van der Waals surface area contributed by atoms with E-state index in [1.807, 2.05) is 6.07 Å². The third-order valence-electron chi connectivity index (χ3n) is 2.66. The highest BCUT2D eigenvalue weighted by molar-refractivity contribution is 5.69. The number of anilines is 1. The molecule has 0 aliphatic carbocycles. The van der Waals surface area contributed by atoms with E-state index in [1.165, 1.54) is 17.0 Å². The van der Waals surface area contributed by atoms with E-state index in [-0.39, 0.29) is 34.8 Å². The second-order valence-electron chi connectivity index (χ2n) is 3.84. The molecule has 9 nitrogen and oxygen atoms in total. The van der Waals surface area contributed by atoms with Gasteiger partial charge in [0.25, 0.3) is 5.56 Å². The van der Waals surface area contributed by atoms with E-state index < -0.39 is 0 Å². The van der Waals surface area contributed by atoms with Crippen molar-refractivity contribution in [1.82, 2.24) is 19.5 Å². The van der Waals surface area contributed by atoms with Crippen LogP contribution in [0.15, 0.2) is 27.7 Å². The van der Waals surface area contributed by atoms with E-state index in [0.29, 0.717) is 11.4 Å². The lowest BCUT2D eigenvalue weighted by Gasteiger charge is -2.06. The van der Waals surface area contributed by atoms with Crippen LogP contribution in [-0.4, -0.2) is 25.0 Å². The molecule has 3 heterocycles. The van der Waals surface area contributed by atoms with Gasteiger partial charge in [-0.25, -0.2) is 4.98 Å². The molecule has 0 aromatic carbocycles. The molecule has 5 N–H and O–H groups in total. The Balaban J connectivity index is 0.00000147. The lowest BCUT2D eigenvalue weighted by molar-refractivity contribution is 0.481. The first-order chi connectivity index (χ1) is 9.19. The molecule has 0 fully saturated rings. The highest BCUT2D eigenvalue weighted by Gasteiger charge is 2.12. The molecule has 0 amide bonds. The molecule has 0 aliphatic rings. The molecule has 0 aliphatic heterocycles. The minimum absolute atomic E-state index is 0. The second-order valence-corrected chi connectivity index (χ2v) is 3.84. The number of aromatic amines is 1. The summed E-state index contributed by atoms with van der Waals surface area (Å²) < 4.78 is 6.45. The van der Waals surface area contributed by atoms with Gasteiger partial charge in [-0.15, -0.1) is 0 Å². The zero-order valence-corrected chi connectivity index (χ0v) is 10.1. The molecule has 20 heavy (non-hydrogen) atoms. The smallest absolute Gasteiger partial charge is 0.283 e. The largest absolute Gasteiger partial charge is 0.449 e. The summed E-state index contributed by atoms with van der Waals surface area (Å²) in [5.74, 6) is 0.675. The monoisotopic (exact) mass is 274 g/mol. The molecule has 0 saturated heterocycles. The van der Waals surface area contributed by atoms with Crippen LogP contribution >= 0.6 is 0 Å². The summed E-state index contributed by atoms with van der Waals surface area (Å²) in [5, 5.41) is 8.68. The predicted molar refractivity (Wildman–Crippen MR) is 68.7 cm³/mol. The number of H-pyrrole nitrogens is 1. The fourth-order valence-corrected chi connectivity index (χ4v) is 1.77. The van der Waals surface area contributed by atoms with E-state index in [1.54, 1.807) is 6.07 Å². The number of fused-ring (bicyclic) bond motifs is 1. The summed E-state index contributed by atoms with van der Waals surface area (Å²) in [7, 11) is 0. The Hall–Kier alpha value is -3.12. The number of nitrogens with two attached hydrogens (primary N) is 1. The Morgan fingerprint density at radius 1 is 1.50 bits per heavy atom. The molecule has 0 unspecified atom stereocenters. The van der Waals surface area contributed by atoms with Crippen molar-refractivity contribution in [3.8, 4) is 6.07 Å². The molecular formula is C11H10N6O3. The van der Waals surface area contributed by atoms with Crippen LogP contribution in [0.1, 0.15) is 11.5 Å². The first-order valence-corrected chi connectivity index (χ1v) is 5.37. The van der Waals surface area contributed by atoms with Gasteiger partial charge in [-0.1, -0.05) is 0 Å². The first-order valence-electron chi connectivity index (χ1n) is 5.37. The maximum Gasteiger partial charge on any atom is 0.283 e. The second kappa shape index (κ2) is 4.87.